The summed E-state index contributed by atoms with van der Waals surface area (Å²) in [6.45, 7) is 4.75. The molecule has 11 aromatic carbocycles. The van der Waals surface area contributed by atoms with Gasteiger partial charge in [0.25, 0.3) is 0 Å². The topological polar surface area (TPSA) is 34.0 Å². The second-order valence-electron chi connectivity index (χ2n) is 19.7. The lowest BCUT2D eigenvalue weighted by molar-refractivity contribution is 0.632. The molecule has 15 rings (SSSR count). The minimum atomic E-state index is -0.334. The van der Waals surface area contributed by atoms with Gasteiger partial charge in [0.1, 0.15) is 11.6 Å². The van der Waals surface area contributed by atoms with Gasteiger partial charge >= 0.3 is 0 Å². The Morgan fingerprint density at radius 3 is 1.38 bits per heavy atom. The van der Waals surface area contributed by atoms with Gasteiger partial charge in [-0.1, -0.05) is 184 Å². The normalized spacial score (nSPS) is 13.3. The van der Waals surface area contributed by atoms with Crippen LogP contribution >= 0.6 is 0 Å². The van der Waals surface area contributed by atoms with Gasteiger partial charge in [-0.25, -0.2) is 9.97 Å². The Morgan fingerprint density at radius 1 is 0.310 bits per heavy atom. The van der Waals surface area contributed by atoms with Crippen LogP contribution in [0, 0.1) is 0 Å². The standard InChI is InChI=1S/C67H44N4/c1-67(2)57-30-14-18-34-62(57)71(66-39-55(50-28-12-16-32-60(50)69-66)53-36-42-20-4-6-22-44(42)46-24-8-10-26-48(46)53)64-40-63-56(37-58(64)67)51-29-13-17-33-61(51)70(63)65-38-54(49-27-11-15-31-59(49)68-65)52-35-41-19-3-5-21-43(41)45-23-7-9-25-47(45)52/h3-40H,1-2H3. The maximum absolute atomic E-state index is 5.61. The smallest absolute Gasteiger partial charge is 0.138 e. The molecule has 0 N–H and O–H groups in total. The highest BCUT2D eigenvalue weighted by atomic mass is 15.2. The zero-order chi connectivity index (χ0) is 47.0. The van der Waals surface area contributed by atoms with Crippen molar-refractivity contribution < 1.29 is 0 Å². The van der Waals surface area contributed by atoms with Crippen LogP contribution in [0.25, 0.3) is 115 Å². The molecular formula is C67H44N4. The van der Waals surface area contributed by atoms with Crippen LogP contribution < -0.4 is 4.90 Å². The zero-order valence-corrected chi connectivity index (χ0v) is 39.2. The van der Waals surface area contributed by atoms with Crippen molar-refractivity contribution in [2.24, 2.45) is 0 Å². The third-order valence-electron chi connectivity index (χ3n) is 15.5. The molecule has 1 aliphatic rings. The summed E-state index contributed by atoms with van der Waals surface area (Å²) in [5, 5.41) is 14.5. The highest BCUT2D eigenvalue weighted by Gasteiger charge is 2.38. The summed E-state index contributed by atoms with van der Waals surface area (Å²) < 4.78 is 2.40. The first-order valence-electron chi connectivity index (χ1n) is 24.6. The molecule has 0 saturated carbocycles. The van der Waals surface area contributed by atoms with Gasteiger partial charge < -0.3 is 0 Å². The van der Waals surface area contributed by atoms with Gasteiger partial charge in [-0.2, -0.15) is 0 Å². The first-order chi connectivity index (χ1) is 35.0. The van der Waals surface area contributed by atoms with E-state index in [1.54, 1.807) is 0 Å². The Balaban J connectivity index is 1.02. The van der Waals surface area contributed by atoms with E-state index in [0.717, 1.165) is 67.0 Å². The molecular weight excluding hydrogens is 861 g/mol. The van der Waals surface area contributed by atoms with Crippen molar-refractivity contribution in [3.05, 3.63) is 242 Å². The van der Waals surface area contributed by atoms with Gasteiger partial charge in [0.05, 0.1) is 33.4 Å². The summed E-state index contributed by atoms with van der Waals surface area (Å²) in [6, 6.07) is 84.4. The third-order valence-corrected chi connectivity index (χ3v) is 15.5. The zero-order valence-electron chi connectivity index (χ0n) is 39.2. The lowest BCUT2D eigenvalue weighted by Crippen LogP contribution is -2.31. The highest BCUT2D eigenvalue weighted by molar-refractivity contribution is 6.18. The minimum Gasteiger partial charge on any atom is -0.294 e. The number of aromatic nitrogens is 3. The van der Waals surface area contributed by atoms with E-state index in [1.807, 2.05) is 0 Å². The predicted octanol–water partition coefficient (Wildman–Crippen LogP) is 17.9. The summed E-state index contributed by atoms with van der Waals surface area (Å²) in [6.07, 6.45) is 0. The van der Waals surface area contributed by atoms with Gasteiger partial charge in [0, 0.05) is 27.0 Å². The van der Waals surface area contributed by atoms with E-state index in [-0.39, 0.29) is 5.41 Å². The molecule has 0 amide bonds. The average molecular weight is 905 g/mol. The number of para-hydroxylation sites is 4. The van der Waals surface area contributed by atoms with Crippen LogP contribution in [0.2, 0.25) is 0 Å². The molecule has 1 aliphatic heterocycles. The number of hydrogen-bond acceptors (Lipinski definition) is 3. The Bertz CT molecular complexity index is 4580. The Hall–Kier alpha value is -9.12. The molecule has 0 spiro atoms. The number of nitrogens with zero attached hydrogens (tertiary/aromatic N) is 4. The average Bonchev–Trinajstić information content (AvgIpc) is 3.75. The van der Waals surface area contributed by atoms with Gasteiger partial charge in [-0.3, -0.25) is 9.47 Å². The van der Waals surface area contributed by atoms with E-state index in [0.29, 0.717) is 0 Å². The summed E-state index contributed by atoms with van der Waals surface area (Å²) >= 11 is 0. The van der Waals surface area contributed by atoms with Crippen LogP contribution in [0.3, 0.4) is 0 Å². The maximum Gasteiger partial charge on any atom is 0.138 e. The number of anilines is 3. The number of pyridine rings is 2. The molecule has 3 aromatic heterocycles. The molecule has 0 radical (unpaired) electrons. The maximum atomic E-state index is 5.61. The summed E-state index contributed by atoms with van der Waals surface area (Å²) in [7, 11) is 0. The minimum absolute atomic E-state index is 0.334. The van der Waals surface area contributed by atoms with Crippen LogP contribution in [-0.4, -0.2) is 14.5 Å². The molecule has 71 heavy (non-hydrogen) atoms. The third kappa shape index (κ3) is 5.79. The molecule has 0 atom stereocenters. The predicted molar refractivity (Wildman–Crippen MR) is 299 cm³/mol. The lowest BCUT2D eigenvalue weighted by Gasteiger charge is -2.41. The van der Waals surface area contributed by atoms with E-state index in [1.165, 1.54) is 76.1 Å². The SMILES string of the molecule is CC1(C)c2ccccc2N(c2cc(-c3cc4ccccc4c4ccccc34)c3ccccc3n2)c2cc3c(cc21)c1ccccc1n3-c1cc(-c2cc3ccccc3c3ccccc23)c2ccccc2n1. The Labute approximate surface area is 410 Å². The summed E-state index contributed by atoms with van der Waals surface area (Å²) in [5.74, 6) is 1.75. The fourth-order valence-electron chi connectivity index (χ4n) is 12.2. The Morgan fingerprint density at radius 2 is 0.761 bits per heavy atom. The molecule has 0 bridgehead atoms. The fourth-order valence-corrected chi connectivity index (χ4v) is 12.2. The van der Waals surface area contributed by atoms with Gasteiger partial charge in [-0.15, -0.1) is 0 Å². The van der Waals surface area contributed by atoms with E-state index in [2.05, 4.69) is 254 Å². The summed E-state index contributed by atoms with van der Waals surface area (Å²) in [4.78, 5) is 13.6. The number of rotatable bonds is 4. The van der Waals surface area contributed by atoms with Crippen molar-refractivity contribution in [3.8, 4) is 28.1 Å². The van der Waals surface area contributed by atoms with Gasteiger partial charge in [0.2, 0.25) is 0 Å². The van der Waals surface area contributed by atoms with Crippen molar-refractivity contribution in [1.82, 2.24) is 14.5 Å². The van der Waals surface area contributed by atoms with Crippen molar-refractivity contribution in [2.45, 2.75) is 19.3 Å². The molecule has 0 saturated heterocycles. The molecule has 0 aliphatic carbocycles. The van der Waals surface area contributed by atoms with E-state index in [4.69, 9.17) is 9.97 Å². The molecule has 0 unspecified atom stereocenters. The van der Waals surface area contributed by atoms with Crippen molar-refractivity contribution in [2.75, 3.05) is 4.90 Å². The molecule has 332 valence electrons. The molecule has 14 aromatic rings. The monoisotopic (exact) mass is 904 g/mol. The number of fused-ring (bicyclic) bond motifs is 13. The van der Waals surface area contributed by atoms with Crippen LogP contribution in [0.15, 0.2) is 231 Å². The molecule has 4 heteroatoms. The van der Waals surface area contributed by atoms with E-state index >= 15 is 0 Å². The largest absolute Gasteiger partial charge is 0.294 e. The van der Waals surface area contributed by atoms with Crippen LogP contribution in [0.5, 0.6) is 0 Å². The van der Waals surface area contributed by atoms with E-state index < -0.39 is 0 Å². The second kappa shape index (κ2) is 14.9. The van der Waals surface area contributed by atoms with Crippen LogP contribution in [0.4, 0.5) is 17.2 Å². The number of hydrogen-bond donors (Lipinski definition) is 0. The second-order valence-corrected chi connectivity index (χ2v) is 19.7. The van der Waals surface area contributed by atoms with Crippen molar-refractivity contribution in [1.29, 1.82) is 0 Å². The number of benzene rings is 11. The highest BCUT2D eigenvalue weighted by Crippen LogP contribution is 2.54. The Kier molecular flexibility index (Phi) is 8.38. The van der Waals surface area contributed by atoms with Gasteiger partial charge in [0.15, 0.2) is 0 Å². The molecule has 0 fully saturated rings. The van der Waals surface area contributed by atoms with Crippen LogP contribution in [0.1, 0.15) is 25.0 Å². The quantitative estimate of drug-likeness (QED) is 0.165. The van der Waals surface area contributed by atoms with Crippen molar-refractivity contribution in [3.63, 3.8) is 0 Å². The van der Waals surface area contributed by atoms with Gasteiger partial charge in [-0.05, 0) is 137 Å². The first kappa shape index (κ1) is 39.8. The first-order valence-corrected chi connectivity index (χ1v) is 24.6. The molecule has 4 heterocycles. The molecule has 4 nitrogen and oxygen atoms in total. The van der Waals surface area contributed by atoms with Crippen molar-refractivity contribution >= 4 is 104 Å². The lowest BCUT2D eigenvalue weighted by atomic mass is 9.73. The van der Waals surface area contributed by atoms with E-state index in [9.17, 15) is 0 Å². The fraction of sp³-hybridized carbons (Fsp3) is 0.0448. The van der Waals surface area contributed by atoms with Crippen LogP contribution in [-0.2, 0) is 5.41 Å². The summed E-state index contributed by atoms with van der Waals surface area (Å²) in [5.41, 5.74) is 13.2.